The molecule has 0 saturated carbocycles. The Morgan fingerprint density at radius 1 is 0.970 bits per heavy atom. The fraction of sp³-hybridized carbons (Fsp3) is 0.222. The van der Waals surface area contributed by atoms with Gasteiger partial charge in [-0.2, -0.15) is 0 Å². The Kier molecular flexibility index (Phi) is 7.50. The highest BCUT2D eigenvalue weighted by Crippen LogP contribution is 2.31. The summed E-state index contributed by atoms with van der Waals surface area (Å²) in [5, 5.41) is 12.0. The van der Waals surface area contributed by atoms with Gasteiger partial charge in [0.25, 0.3) is 5.91 Å². The van der Waals surface area contributed by atoms with Crippen molar-refractivity contribution in [1.82, 2.24) is 5.32 Å². The predicted molar refractivity (Wildman–Crippen MR) is 122 cm³/mol. The summed E-state index contributed by atoms with van der Waals surface area (Å²) in [5.74, 6) is -0.493. The molecule has 0 radical (unpaired) electrons. The second kappa shape index (κ2) is 10.9. The van der Waals surface area contributed by atoms with Gasteiger partial charge >= 0.3 is 0 Å². The van der Waals surface area contributed by atoms with Crippen molar-refractivity contribution >= 4 is 5.91 Å². The van der Waals surface area contributed by atoms with Crippen molar-refractivity contribution in [1.29, 1.82) is 0 Å². The standard InChI is InChI=1S/C27H26FNO4/c28-24-12-10-19(11-13-24)16-29-27(31)25-14-23(22-4-2-1-3-5-22)15-26(33-25)32-18-21-8-6-20(17-30)7-9-21/h1-14,23,26,30H,15-18H2,(H,29,31). The maximum atomic E-state index is 13.1. The Morgan fingerprint density at radius 3 is 2.33 bits per heavy atom. The second-order valence-corrected chi connectivity index (χ2v) is 7.93. The van der Waals surface area contributed by atoms with Crippen LogP contribution >= 0.6 is 0 Å². The molecule has 1 amide bonds. The first-order valence-corrected chi connectivity index (χ1v) is 10.9. The molecule has 3 aromatic carbocycles. The fourth-order valence-electron chi connectivity index (χ4n) is 3.65. The van der Waals surface area contributed by atoms with Crippen LogP contribution in [0.5, 0.6) is 0 Å². The zero-order valence-electron chi connectivity index (χ0n) is 18.1. The SMILES string of the molecule is O=C(NCc1ccc(F)cc1)C1=CC(c2ccccc2)CC(OCc2ccc(CO)cc2)O1. The summed E-state index contributed by atoms with van der Waals surface area (Å²) in [4.78, 5) is 12.8. The Bertz CT molecular complexity index is 1080. The number of benzene rings is 3. The van der Waals surface area contributed by atoms with Crippen LogP contribution < -0.4 is 5.32 Å². The van der Waals surface area contributed by atoms with Crippen LogP contribution in [0, 0.1) is 5.82 Å². The summed E-state index contributed by atoms with van der Waals surface area (Å²) in [5.41, 5.74) is 3.65. The molecule has 0 spiro atoms. The molecule has 0 aromatic heterocycles. The number of aliphatic hydroxyl groups is 1. The largest absolute Gasteiger partial charge is 0.459 e. The van der Waals surface area contributed by atoms with Gasteiger partial charge in [-0.05, 0) is 40.5 Å². The van der Waals surface area contributed by atoms with Gasteiger partial charge in [0.15, 0.2) is 5.76 Å². The summed E-state index contributed by atoms with van der Waals surface area (Å²) >= 11 is 0. The molecule has 33 heavy (non-hydrogen) atoms. The first kappa shape index (κ1) is 22.7. The van der Waals surface area contributed by atoms with Crippen LogP contribution in [-0.2, 0) is 34.0 Å². The number of hydrogen-bond acceptors (Lipinski definition) is 4. The quantitative estimate of drug-likeness (QED) is 0.531. The lowest BCUT2D eigenvalue weighted by atomic mass is 9.93. The number of amides is 1. The predicted octanol–water partition coefficient (Wildman–Crippen LogP) is 4.57. The third kappa shape index (κ3) is 6.28. The van der Waals surface area contributed by atoms with Crippen LogP contribution in [0.3, 0.4) is 0 Å². The van der Waals surface area contributed by atoms with Crippen molar-refractivity contribution in [3.8, 4) is 0 Å². The molecule has 2 N–H and O–H groups in total. The molecule has 5 nitrogen and oxygen atoms in total. The zero-order valence-corrected chi connectivity index (χ0v) is 18.1. The lowest BCUT2D eigenvalue weighted by molar-refractivity contribution is -0.150. The number of nitrogens with one attached hydrogen (secondary N) is 1. The summed E-state index contributed by atoms with van der Waals surface area (Å²) in [6.07, 6.45) is 1.81. The Balaban J connectivity index is 1.44. The molecule has 0 bridgehead atoms. The third-order valence-corrected chi connectivity index (χ3v) is 5.52. The van der Waals surface area contributed by atoms with Gasteiger partial charge in [-0.3, -0.25) is 4.79 Å². The molecule has 0 fully saturated rings. The number of aliphatic hydroxyl groups excluding tert-OH is 1. The molecule has 1 aliphatic rings. The number of allylic oxidation sites excluding steroid dienone is 1. The molecule has 2 unspecified atom stereocenters. The van der Waals surface area contributed by atoms with E-state index < -0.39 is 6.29 Å². The van der Waals surface area contributed by atoms with Crippen LogP contribution in [0.15, 0.2) is 90.7 Å². The second-order valence-electron chi connectivity index (χ2n) is 7.93. The van der Waals surface area contributed by atoms with Gasteiger partial charge in [0.05, 0.1) is 13.2 Å². The smallest absolute Gasteiger partial charge is 0.286 e. The summed E-state index contributed by atoms with van der Waals surface area (Å²) < 4.78 is 25.0. The van der Waals surface area contributed by atoms with E-state index in [9.17, 15) is 14.3 Å². The molecule has 170 valence electrons. The summed E-state index contributed by atoms with van der Waals surface area (Å²) in [7, 11) is 0. The van der Waals surface area contributed by atoms with Crippen LogP contribution in [0.25, 0.3) is 0 Å². The van der Waals surface area contributed by atoms with Crippen molar-refractivity contribution < 1.29 is 23.8 Å². The highest BCUT2D eigenvalue weighted by molar-refractivity contribution is 5.91. The lowest BCUT2D eigenvalue weighted by Gasteiger charge is -2.29. The minimum Gasteiger partial charge on any atom is -0.459 e. The monoisotopic (exact) mass is 447 g/mol. The minimum atomic E-state index is -0.593. The van der Waals surface area contributed by atoms with E-state index in [1.54, 1.807) is 12.1 Å². The summed E-state index contributed by atoms with van der Waals surface area (Å²) in [6, 6.07) is 23.4. The van der Waals surface area contributed by atoms with Crippen molar-refractivity contribution in [2.75, 3.05) is 0 Å². The Morgan fingerprint density at radius 2 is 1.64 bits per heavy atom. The summed E-state index contributed by atoms with van der Waals surface area (Å²) in [6.45, 7) is 0.577. The first-order valence-electron chi connectivity index (χ1n) is 10.9. The minimum absolute atomic E-state index is 0.00713. The molecular weight excluding hydrogens is 421 g/mol. The molecule has 2 atom stereocenters. The third-order valence-electron chi connectivity index (χ3n) is 5.52. The van der Waals surface area contributed by atoms with Gasteiger partial charge in [-0.15, -0.1) is 0 Å². The zero-order chi connectivity index (χ0) is 23.0. The average molecular weight is 448 g/mol. The lowest BCUT2D eigenvalue weighted by Crippen LogP contribution is -2.32. The molecule has 3 aromatic rings. The van der Waals surface area contributed by atoms with Crippen LogP contribution in [0.2, 0.25) is 0 Å². The van der Waals surface area contributed by atoms with E-state index in [0.29, 0.717) is 13.0 Å². The van der Waals surface area contributed by atoms with Crippen molar-refractivity contribution in [3.63, 3.8) is 0 Å². The van der Waals surface area contributed by atoms with Crippen molar-refractivity contribution in [2.24, 2.45) is 0 Å². The van der Waals surface area contributed by atoms with Crippen molar-refractivity contribution in [3.05, 3.63) is 119 Å². The number of hydrogen-bond donors (Lipinski definition) is 2. The van der Waals surface area contributed by atoms with E-state index in [0.717, 1.165) is 22.3 Å². The van der Waals surface area contributed by atoms with E-state index in [1.165, 1.54) is 12.1 Å². The molecule has 6 heteroatoms. The highest BCUT2D eigenvalue weighted by atomic mass is 19.1. The number of carbonyl (C=O) groups excluding carboxylic acids is 1. The maximum Gasteiger partial charge on any atom is 0.286 e. The van der Waals surface area contributed by atoms with Crippen molar-refractivity contribution in [2.45, 2.75) is 38.4 Å². The van der Waals surface area contributed by atoms with E-state index in [-0.39, 0.29) is 36.6 Å². The van der Waals surface area contributed by atoms with Gasteiger partial charge < -0.3 is 19.9 Å². The average Bonchev–Trinajstić information content (AvgIpc) is 2.87. The van der Waals surface area contributed by atoms with Gasteiger partial charge in [0, 0.05) is 18.9 Å². The molecular formula is C27H26FNO4. The molecule has 0 saturated heterocycles. The van der Waals surface area contributed by atoms with Gasteiger partial charge in [-0.1, -0.05) is 66.7 Å². The normalized spacial score (nSPS) is 17.7. The molecule has 1 aliphatic heterocycles. The van der Waals surface area contributed by atoms with Gasteiger partial charge in [-0.25, -0.2) is 4.39 Å². The first-order chi connectivity index (χ1) is 16.1. The number of halogens is 1. The van der Waals surface area contributed by atoms with E-state index in [2.05, 4.69) is 5.32 Å². The fourth-order valence-corrected chi connectivity index (χ4v) is 3.65. The van der Waals surface area contributed by atoms with Crippen LogP contribution in [0.1, 0.15) is 34.6 Å². The van der Waals surface area contributed by atoms with Gasteiger partial charge in [0.2, 0.25) is 6.29 Å². The Labute approximate surface area is 192 Å². The number of ether oxygens (including phenoxy) is 2. The maximum absolute atomic E-state index is 13.1. The topological polar surface area (TPSA) is 67.8 Å². The number of carbonyl (C=O) groups is 1. The van der Waals surface area contributed by atoms with Crippen LogP contribution in [0.4, 0.5) is 4.39 Å². The number of rotatable bonds is 8. The Hall–Kier alpha value is -3.48. The highest BCUT2D eigenvalue weighted by Gasteiger charge is 2.28. The van der Waals surface area contributed by atoms with E-state index in [4.69, 9.17) is 9.47 Å². The van der Waals surface area contributed by atoms with E-state index >= 15 is 0 Å². The van der Waals surface area contributed by atoms with E-state index in [1.807, 2.05) is 60.7 Å². The molecule has 4 rings (SSSR count). The van der Waals surface area contributed by atoms with Gasteiger partial charge in [0.1, 0.15) is 5.82 Å². The molecule has 1 heterocycles. The molecule has 0 aliphatic carbocycles. The van der Waals surface area contributed by atoms with Crippen LogP contribution in [-0.4, -0.2) is 17.3 Å².